The molecule has 0 spiro atoms. The van der Waals surface area contributed by atoms with Gasteiger partial charge in [-0.05, 0) is 38.1 Å². The van der Waals surface area contributed by atoms with Gasteiger partial charge in [-0.15, -0.1) is 0 Å². The molecule has 0 amide bonds. The monoisotopic (exact) mass is 579 g/mol. The summed E-state index contributed by atoms with van der Waals surface area (Å²) in [4.78, 5) is 11.8. The van der Waals surface area contributed by atoms with E-state index in [9.17, 15) is 18.5 Å². The second-order valence-electron chi connectivity index (χ2n) is 9.27. The fourth-order valence-corrected chi connectivity index (χ4v) is 5.39. The first kappa shape index (κ1) is 27.8. The van der Waals surface area contributed by atoms with Gasteiger partial charge in [-0.3, -0.25) is 9.09 Å². The molecule has 15 heteroatoms. The van der Waals surface area contributed by atoms with E-state index < -0.39 is 45.0 Å². The topological polar surface area (TPSA) is 144 Å². The van der Waals surface area contributed by atoms with Gasteiger partial charge in [0.2, 0.25) is 0 Å². The van der Waals surface area contributed by atoms with Crippen LogP contribution < -0.4 is 14.8 Å². The summed E-state index contributed by atoms with van der Waals surface area (Å²) in [5.74, 6) is 0.0895. The van der Waals surface area contributed by atoms with Crippen molar-refractivity contribution >= 4 is 24.8 Å². The molecule has 5 rings (SSSR count). The Morgan fingerprint density at radius 3 is 2.17 bits per heavy atom. The van der Waals surface area contributed by atoms with Gasteiger partial charge in [0, 0.05) is 0 Å². The average Bonchev–Trinajstić information content (AvgIpc) is 3.46. The Kier molecular flexibility index (Phi) is 7.44. The standard InChI is InChI=1S/C25H25F3N5O6P/c1-14-3-7-16(8-4-14)38-40(35,39-17-9-5-15(2)6-10-17)36-11-25(24(27)28)20(26)19(34)23(37-25)33-13-32-18-21(29)30-12-31-22(18)33/h3-10,12-13,19-20,23-24,34H,11H2,1-2H3,(H2,29,30,31)/t19-,20-,23-,25-/m1/s1. The van der Waals surface area contributed by atoms with Gasteiger partial charge in [0.25, 0.3) is 6.43 Å². The van der Waals surface area contributed by atoms with Crippen LogP contribution in [0.1, 0.15) is 17.4 Å². The summed E-state index contributed by atoms with van der Waals surface area (Å²) in [6, 6.07) is 12.6. The van der Waals surface area contributed by atoms with Gasteiger partial charge in [0.1, 0.15) is 29.4 Å². The van der Waals surface area contributed by atoms with Crippen LogP contribution in [0.15, 0.2) is 61.2 Å². The van der Waals surface area contributed by atoms with Crippen LogP contribution in [0, 0.1) is 13.8 Å². The smallest absolute Gasteiger partial charge is 0.395 e. The summed E-state index contributed by atoms with van der Waals surface area (Å²) in [5, 5.41) is 10.7. The number of aryl methyl sites for hydroxylation is 2. The van der Waals surface area contributed by atoms with E-state index in [1.165, 1.54) is 24.3 Å². The number of phosphoric acid groups is 1. The predicted octanol–water partition coefficient (Wildman–Crippen LogP) is 4.54. The van der Waals surface area contributed by atoms with Crippen molar-refractivity contribution < 1.29 is 41.2 Å². The van der Waals surface area contributed by atoms with Crippen molar-refractivity contribution in [1.29, 1.82) is 0 Å². The van der Waals surface area contributed by atoms with Crippen molar-refractivity contribution in [3.05, 3.63) is 72.3 Å². The SMILES string of the molecule is Cc1ccc(OP(=O)(OC[C@@]2(C(F)F)O[C@@H](n3cnc4c(N)ncnc43)[C@H](O)[C@H]2F)Oc2ccc(C)cc2)cc1. The molecule has 0 unspecified atom stereocenters. The number of ether oxygens (including phenoxy) is 1. The maximum Gasteiger partial charge on any atom is 0.587 e. The molecule has 1 fully saturated rings. The Morgan fingerprint density at radius 2 is 1.62 bits per heavy atom. The van der Waals surface area contributed by atoms with Crippen molar-refractivity contribution in [1.82, 2.24) is 19.5 Å². The van der Waals surface area contributed by atoms with Crippen LogP contribution in [-0.4, -0.2) is 55.5 Å². The molecule has 0 aliphatic carbocycles. The fraction of sp³-hybridized carbons (Fsp3) is 0.320. The van der Waals surface area contributed by atoms with Gasteiger partial charge in [0.05, 0.1) is 12.9 Å². The minimum Gasteiger partial charge on any atom is -0.395 e. The second kappa shape index (κ2) is 10.7. The number of nitrogens with two attached hydrogens (primary N) is 1. The Balaban J connectivity index is 1.45. The number of imidazole rings is 1. The van der Waals surface area contributed by atoms with Crippen molar-refractivity contribution in [2.24, 2.45) is 0 Å². The molecule has 4 aromatic rings. The first-order valence-electron chi connectivity index (χ1n) is 12.0. The van der Waals surface area contributed by atoms with Crippen LogP contribution in [0.3, 0.4) is 0 Å². The number of phosphoric ester groups is 1. The number of benzene rings is 2. The number of alkyl halides is 3. The normalized spacial score (nSPS) is 23.1. The van der Waals surface area contributed by atoms with Crippen LogP contribution in [-0.2, 0) is 13.8 Å². The second-order valence-corrected chi connectivity index (χ2v) is 10.8. The summed E-state index contributed by atoms with van der Waals surface area (Å²) in [5.41, 5.74) is 4.56. The van der Waals surface area contributed by atoms with E-state index in [1.54, 1.807) is 24.3 Å². The number of rotatable bonds is 9. The molecule has 40 heavy (non-hydrogen) atoms. The van der Waals surface area contributed by atoms with Crippen LogP contribution in [0.2, 0.25) is 0 Å². The highest BCUT2D eigenvalue weighted by molar-refractivity contribution is 7.49. The predicted molar refractivity (Wildman–Crippen MR) is 137 cm³/mol. The summed E-state index contributed by atoms with van der Waals surface area (Å²) in [6.07, 6.45) is -7.85. The van der Waals surface area contributed by atoms with Gasteiger partial charge in [-0.25, -0.2) is 32.7 Å². The number of aliphatic hydroxyl groups excluding tert-OH is 1. The van der Waals surface area contributed by atoms with Crippen molar-refractivity contribution in [2.75, 3.05) is 12.3 Å². The number of nitrogen functional groups attached to an aromatic ring is 1. The van der Waals surface area contributed by atoms with Crippen LogP contribution in [0.25, 0.3) is 11.2 Å². The summed E-state index contributed by atoms with van der Waals surface area (Å²) >= 11 is 0. The van der Waals surface area contributed by atoms with E-state index in [2.05, 4.69) is 15.0 Å². The van der Waals surface area contributed by atoms with E-state index in [0.717, 1.165) is 28.3 Å². The molecule has 4 atom stereocenters. The Morgan fingerprint density at radius 1 is 1.05 bits per heavy atom. The highest BCUT2D eigenvalue weighted by Crippen LogP contribution is 2.53. The third-order valence-electron chi connectivity index (χ3n) is 6.35. The molecule has 1 aliphatic heterocycles. The fourth-order valence-electron chi connectivity index (χ4n) is 4.13. The van der Waals surface area contributed by atoms with E-state index in [4.69, 9.17) is 24.0 Å². The number of hydrogen-bond acceptors (Lipinski definition) is 10. The number of aliphatic hydroxyl groups is 1. The molecule has 0 saturated carbocycles. The first-order valence-corrected chi connectivity index (χ1v) is 13.5. The molecule has 11 nitrogen and oxygen atoms in total. The molecule has 1 saturated heterocycles. The number of anilines is 1. The third kappa shape index (κ3) is 5.22. The maximum absolute atomic E-state index is 15.5. The van der Waals surface area contributed by atoms with E-state index in [-0.39, 0.29) is 28.5 Å². The Labute approximate surface area is 226 Å². The minimum atomic E-state index is -4.72. The van der Waals surface area contributed by atoms with Crippen LogP contribution >= 0.6 is 7.82 Å². The van der Waals surface area contributed by atoms with Gasteiger partial charge in [-0.2, -0.15) is 0 Å². The maximum atomic E-state index is 15.5. The summed E-state index contributed by atoms with van der Waals surface area (Å²) < 4.78 is 81.1. The highest BCUT2D eigenvalue weighted by atomic mass is 31.2. The molecule has 3 heterocycles. The zero-order valence-corrected chi connectivity index (χ0v) is 22.1. The molecule has 212 valence electrons. The van der Waals surface area contributed by atoms with Gasteiger partial charge in [-0.1, -0.05) is 35.4 Å². The lowest BCUT2D eigenvalue weighted by Gasteiger charge is -2.30. The molecule has 3 N–H and O–H groups in total. The molecule has 2 aromatic carbocycles. The molecule has 2 aromatic heterocycles. The zero-order chi connectivity index (χ0) is 28.7. The van der Waals surface area contributed by atoms with E-state index >= 15 is 4.39 Å². The van der Waals surface area contributed by atoms with Gasteiger partial charge < -0.3 is 24.6 Å². The van der Waals surface area contributed by atoms with Crippen molar-refractivity contribution in [3.8, 4) is 11.5 Å². The molecular weight excluding hydrogens is 554 g/mol. The van der Waals surface area contributed by atoms with Crippen LogP contribution in [0.5, 0.6) is 11.5 Å². The van der Waals surface area contributed by atoms with Crippen molar-refractivity contribution in [2.45, 2.75) is 44.4 Å². The van der Waals surface area contributed by atoms with Crippen LogP contribution in [0.4, 0.5) is 19.0 Å². The number of nitrogens with zero attached hydrogens (tertiary/aromatic N) is 4. The molecule has 0 bridgehead atoms. The largest absolute Gasteiger partial charge is 0.587 e. The summed E-state index contributed by atoms with van der Waals surface area (Å²) in [7, 11) is -4.72. The number of fused-ring (bicyclic) bond motifs is 1. The zero-order valence-electron chi connectivity index (χ0n) is 21.2. The van der Waals surface area contributed by atoms with E-state index in [0.29, 0.717) is 0 Å². The Hall–Kier alpha value is -3.71. The number of aromatic nitrogens is 4. The lowest BCUT2D eigenvalue weighted by molar-refractivity contribution is -0.182. The molecule has 1 aliphatic rings. The first-order chi connectivity index (χ1) is 19.0. The van der Waals surface area contributed by atoms with Gasteiger partial charge in [0.15, 0.2) is 29.5 Å². The molecule has 0 radical (unpaired) electrons. The lowest BCUT2D eigenvalue weighted by atomic mass is 9.98. The Bertz CT molecular complexity index is 1490. The lowest BCUT2D eigenvalue weighted by Crippen LogP contribution is -2.50. The third-order valence-corrected chi connectivity index (χ3v) is 7.67. The highest BCUT2D eigenvalue weighted by Gasteiger charge is 2.63. The quantitative estimate of drug-likeness (QED) is 0.271. The summed E-state index contributed by atoms with van der Waals surface area (Å²) in [6.45, 7) is 2.33. The van der Waals surface area contributed by atoms with Crippen molar-refractivity contribution in [3.63, 3.8) is 0 Å². The van der Waals surface area contributed by atoms with E-state index in [1.807, 2.05) is 13.8 Å². The molecular formula is C25H25F3N5O6P. The average molecular weight is 579 g/mol. The number of halogens is 3. The van der Waals surface area contributed by atoms with Gasteiger partial charge >= 0.3 is 7.82 Å². The number of hydrogen-bond donors (Lipinski definition) is 2. The minimum absolute atomic E-state index is 0.0149.